The van der Waals surface area contributed by atoms with Gasteiger partial charge in [0.2, 0.25) is 0 Å². The second-order valence-corrected chi connectivity index (χ2v) is 4.90. The third-order valence-corrected chi connectivity index (χ3v) is 3.24. The third kappa shape index (κ3) is 3.22. The van der Waals surface area contributed by atoms with Crippen molar-refractivity contribution < 1.29 is 0 Å². The molecule has 0 amide bonds. The molecule has 0 N–H and O–H groups in total. The lowest BCUT2D eigenvalue weighted by atomic mass is 9.96. The lowest BCUT2D eigenvalue weighted by Crippen LogP contribution is -1.91. The molecule has 0 fully saturated rings. The summed E-state index contributed by atoms with van der Waals surface area (Å²) in [5.41, 5.74) is 5.64. The van der Waals surface area contributed by atoms with Crippen molar-refractivity contribution in [2.24, 2.45) is 0 Å². The fourth-order valence-corrected chi connectivity index (χ4v) is 2.43. The Labute approximate surface area is 111 Å². The van der Waals surface area contributed by atoms with Crippen molar-refractivity contribution in [3.63, 3.8) is 0 Å². The van der Waals surface area contributed by atoms with E-state index in [4.69, 9.17) is 0 Å². The summed E-state index contributed by atoms with van der Waals surface area (Å²) >= 11 is 0. The van der Waals surface area contributed by atoms with Crippen molar-refractivity contribution in [2.75, 3.05) is 0 Å². The van der Waals surface area contributed by atoms with Gasteiger partial charge in [0.25, 0.3) is 0 Å². The Balaban J connectivity index is 2.39. The Morgan fingerprint density at radius 1 is 0.667 bits per heavy atom. The first-order chi connectivity index (χ1) is 8.83. The molecular weight excluding hydrogens is 216 g/mol. The normalized spacial score (nSPS) is 10.6. The smallest absolute Gasteiger partial charge is 0.0179 e. The molecule has 94 valence electrons. The number of rotatable bonds is 5. The van der Waals surface area contributed by atoms with Crippen LogP contribution in [0.15, 0.2) is 48.5 Å². The van der Waals surface area contributed by atoms with Gasteiger partial charge in [0.15, 0.2) is 0 Å². The molecule has 18 heavy (non-hydrogen) atoms. The number of hydrogen-bond donors (Lipinski definition) is 0. The van der Waals surface area contributed by atoms with Crippen LogP contribution in [0, 0.1) is 0 Å². The van der Waals surface area contributed by atoms with E-state index in [0.717, 1.165) is 0 Å². The summed E-state index contributed by atoms with van der Waals surface area (Å²) in [5, 5.41) is 0. The predicted octanol–water partition coefficient (Wildman–Crippen LogP) is 5.26. The largest absolute Gasteiger partial charge is 0.0651 e. The van der Waals surface area contributed by atoms with E-state index in [1.165, 1.54) is 47.9 Å². The molecule has 0 aromatic heterocycles. The summed E-state index contributed by atoms with van der Waals surface area (Å²) in [6.45, 7) is 4.49. The summed E-state index contributed by atoms with van der Waals surface area (Å²) < 4.78 is 0. The maximum Gasteiger partial charge on any atom is -0.0179 e. The van der Waals surface area contributed by atoms with Gasteiger partial charge < -0.3 is 0 Å². The van der Waals surface area contributed by atoms with E-state index in [0.29, 0.717) is 0 Å². The van der Waals surface area contributed by atoms with Crippen molar-refractivity contribution >= 4 is 0 Å². The lowest BCUT2D eigenvalue weighted by molar-refractivity contribution is 0.896. The van der Waals surface area contributed by atoms with Crippen LogP contribution in [-0.4, -0.2) is 0 Å². The molecule has 2 rings (SSSR count). The molecule has 0 aliphatic rings. The highest BCUT2D eigenvalue weighted by Crippen LogP contribution is 2.23. The predicted molar refractivity (Wildman–Crippen MR) is 79.9 cm³/mol. The van der Waals surface area contributed by atoms with Crippen LogP contribution in [0.1, 0.15) is 37.8 Å². The second-order valence-electron chi connectivity index (χ2n) is 4.90. The molecule has 0 heteroatoms. The summed E-state index contributed by atoms with van der Waals surface area (Å²) in [6, 6.07) is 17.8. The first-order valence-corrected chi connectivity index (χ1v) is 7.01. The van der Waals surface area contributed by atoms with Crippen molar-refractivity contribution in [2.45, 2.75) is 39.5 Å². The van der Waals surface area contributed by atoms with Crippen LogP contribution in [0.4, 0.5) is 0 Å². The molecule has 0 heterocycles. The molecular formula is C18H22. The van der Waals surface area contributed by atoms with Gasteiger partial charge in [-0.3, -0.25) is 0 Å². The van der Waals surface area contributed by atoms with Gasteiger partial charge >= 0.3 is 0 Å². The van der Waals surface area contributed by atoms with Crippen LogP contribution in [-0.2, 0) is 12.8 Å². The van der Waals surface area contributed by atoms with Crippen molar-refractivity contribution in [1.29, 1.82) is 0 Å². The van der Waals surface area contributed by atoms with E-state index in [1.807, 2.05) is 0 Å². The van der Waals surface area contributed by atoms with Crippen LogP contribution in [0.2, 0.25) is 0 Å². The zero-order valence-corrected chi connectivity index (χ0v) is 11.4. The maximum absolute atomic E-state index is 2.37. The molecule has 0 nitrogen and oxygen atoms in total. The third-order valence-electron chi connectivity index (χ3n) is 3.24. The van der Waals surface area contributed by atoms with E-state index >= 15 is 0 Å². The summed E-state index contributed by atoms with van der Waals surface area (Å²) in [7, 11) is 0. The SMILES string of the molecule is CCCc1cc(CCC)cc(-c2ccccc2)c1. The minimum absolute atomic E-state index is 1.18. The van der Waals surface area contributed by atoms with Gasteiger partial charge in [0, 0.05) is 0 Å². The molecule has 0 saturated carbocycles. The van der Waals surface area contributed by atoms with Crippen molar-refractivity contribution in [3.8, 4) is 11.1 Å². The minimum Gasteiger partial charge on any atom is -0.0651 e. The lowest BCUT2D eigenvalue weighted by Gasteiger charge is -2.09. The van der Waals surface area contributed by atoms with Crippen LogP contribution < -0.4 is 0 Å². The number of benzene rings is 2. The highest BCUT2D eigenvalue weighted by molar-refractivity contribution is 5.65. The Kier molecular flexibility index (Phi) is 4.58. The van der Waals surface area contributed by atoms with Crippen LogP contribution >= 0.6 is 0 Å². The average Bonchev–Trinajstić information content (AvgIpc) is 2.40. The second kappa shape index (κ2) is 6.39. The summed E-state index contributed by atoms with van der Waals surface area (Å²) in [4.78, 5) is 0. The Morgan fingerprint density at radius 3 is 1.72 bits per heavy atom. The van der Waals surface area contributed by atoms with Crippen molar-refractivity contribution in [3.05, 3.63) is 59.7 Å². The molecule has 0 saturated heterocycles. The first kappa shape index (κ1) is 12.9. The first-order valence-electron chi connectivity index (χ1n) is 7.01. The standard InChI is InChI=1S/C18H22/c1-3-8-15-12-16(9-4-2)14-18(13-15)17-10-6-5-7-11-17/h5-7,10-14H,3-4,8-9H2,1-2H3. The molecule has 0 bridgehead atoms. The molecule has 0 aliphatic carbocycles. The van der Waals surface area contributed by atoms with E-state index in [-0.39, 0.29) is 0 Å². The Morgan fingerprint density at radius 2 is 1.22 bits per heavy atom. The molecule has 2 aromatic rings. The summed E-state index contributed by atoms with van der Waals surface area (Å²) in [5.74, 6) is 0. The molecule has 0 atom stereocenters. The molecule has 0 aliphatic heterocycles. The quantitative estimate of drug-likeness (QED) is 0.666. The van der Waals surface area contributed by atoms with Gasteiger partial charge in [-0.05, 0) is 35.1 Å². The van der Waals surface area contributed by atoms with E-state index in [9.17, 15) is 0 Å². The van der Waals surface area contributed by atoms with E-state index < -0.39 is 0 Å². The minimum atomic E-state index is 1.18. The van der Waals surface area contributed by atoms with Gasteiger partial charge in [-0.25, -0.2) is 0 Å². The van der Waals surface area contributed by atoms with Gasteiger partial charge in [0.1, 0.15) is 0 Å². The van der Waals surface area contributed by atoms with Crippen molar-refractivity contribution in [1.82, 2.24) is 0 Å². The zero-order valence-electron chi connectivity index (χ0n) is 11.4. The molecule has 2 aromatic carbocycles. The Bertz CT molecular complexity index is 458. The number of aryl methyl sites for hydroxylation is 2. The molecule has 0 unspecified atom stereocenters. The van der Waals surface area contributed by atoms with Gasteiger partial charge in [0.05, 0.1) is 0 Å². The van der Waals surface area contributed by atoms with E-state index in [2.05, 4.69) is 62.4 Å². The highest BCUT2D eigenvalue weighted by Gasteiger charge is 2.02. The van der Waals surface area contributed by atoms with E-state index in [1.54, 1.807) is 0 Å². The molecule has 0 spiro atoms. The number of hydrogen-bond acceptors (Lipinski definition) is 0. The van der Waals surface area contributed by atoms with Gasteiger partial charge in [-0.2, -0.15) is 0 Å². The molecule has 0 radical (unpaired) electrons. The fourth-order valence-electron chi connectivity index (χ4n) is 2.43. The monoisotopic (exact) mass is 238 g/mol. The highest BCUT2D eigenvalue weighted by atomic mass is 14.1. The van der Waals surface area contributed by atoms with Crippen LogP contribution in [0.25, 0.3) is 11.1 Å². The average molecular weight is 238 g/mol. The fraction of sp³-hybridized carbons (Fsp3) is 0.333. The maximum atomic E-state index is 2.37. The zero-order chi connectivity index (χ0) is 12.8. The van der Waals surface area contributed by atoms with Gasteiger partial charge in [-0.1, -0.05) is 75.2 Å². The Hall–Kier alpha value is -1.56. The topological polar surface area (TPSA) is 0 Å². The van der Waals surface area contributed by atoms with Crippen LogP contribution in [0.5, 0.6) is 0 Å². The summed E-state index contributed by atoms with van der Waals surface area (Å²) in [6.07, 6.45) is 4.78. The van der Waals surface area contributed by atoms with Crippen LogP contribution in [0.3, 0.4) is 0 Å². The van der Waals surface area contributed by atoms with Gasteiger partial charge in [-0.15, -0.1) is 0 Å².